The average Bonchev–Trinajstić information content (AvgIpc) is 2.41. The second kappa shape index (κ2) is 5.09. The van der Waals surface area contributed by atoms with E-state index in [9.17, 15) is 14.4 Å². The van der Waals surface area contributed by atoms with Crippen molar-refractivity contribution < 1.29 is 19.5 Å². The number of hydrogen-bond donors (Lipinski definition) is 1. The van der Waals surface area contributed by atoms with Crippen molar-refractivity contribution in [2.45, 2.75) is 0 Å². The molecule has 1 heterocycles. The van der Waals surface area contributed by atoms with Crippen molar-refractivity contribution in [1.82, 2.24) is 9.80 Å². The summed E-state index contributed by atoms with van der Waals surface area (Å²) < 4.78 is 0. The van der Waals surface area contributed by atoms with Gasteiger partial charge in [0.1, 0.15) is 6.54 Å². The van der Waals surface area contributed by atoms with Gasteiger partial charge in [-0.3, -0.25) is 9.59 Å². The van der Waals surface area contributed by atoms with Crippen LogP contribution < -0.4 is 0 Å². The fourth-order valence-electron chi connectivity index (χ4n) is 1.96. The Balaban J connectivity index is 2.25. The number of piperazine rings is 1. The average molecular weight is 262 g/mol. The van der Waals surface area contributed by atoms with Crippen LogP contribution in [-0.4, -0.2) is 59.4 Å². The molecule has 19 heavy (non-hydrogen) atoms. The minimum absolute atomic E-state index is 0.0106. The summed E-state index contributed by atoms with van der Waals surface area (Å²) in [6.45, 7) is 0.859. The van der Waals surface area contributed by atoms with Gasteiger partial charge in [0.2, 0.25) is 5.91 Å². The molecule has 0 aliphatic carbocycles. The van der Waals surface area contributed by atoms with E-state index in [0.29, 0.717) is 13.1 Å². The monoisotopic (exact) mass is 262 g/mol. The highest BCUT2D eigenvalue weighted by Crippen LogP contribution is 2.13. The second-order valence-corrected chi connectivity index (χ2v) is 4.39. The number of hydrogen-bond acceptors (Lipinski definition) is 3. The van der Waals surface area contributed by atoms with Crippen LogP contribution in [0.2, 0.25) is 0 Å². The molecule has 1 aromatic carbocycles. The van der Waals surface area contributed by atoms with Gasteiger partial charge in [0.15, 0.2) is 0 Å². The third kappa shape index (κ3) is 2.57. The maximum absolute atomic E-state index is 12.3. The minimum Gasteiger partial charge on any atom is -0.478 e. The van der Waals surface area contributed by atoms with Crippen LogP contribution in [0, 0.1) is 0 Å². The highest BCUT2D eigenvalue weighted by Gasteiger charge is 2.27. The van der Waals surface area contributed by atoms with E-state index in [-0.39, 0.29) is 23.6 Å². The molecule has 0 radical (unpaired) electrons. The molecule has 0 bridgehead atoms. The summed E-state index contributed by atoms with van der Waals surface area (Å²) in [5, 5.41) is 9.06. The number of benzene rings is 1. The first-order valence-corrected chi connectivity index (χ1v) is 5.86. The summed E-state index contributed by atoms with van der Waals surface area (Å²) in [6.07, 6.45) is 0. The van der Waals surface area contributed by atoms with E-state index in [1.807, 2.05) is 0 Å². The van der Waals surface area contributed by atoms with Crippen LogP contribution in [0.1, 0.15) is 20.7 Å². The number of carbonyl (C=O) groups excluding carboxylic acids is 2. The van der Waals surface area contributed by atoms with E-state index in [0.717, 1.165) is 0 Å². The fraction of sp³-hybridized carbons (Fsp3) is 0.308. The van der Waals surface area contributed by atoms with Gasteiger partial charge in [0, 0.05) is 20.1 Å². The van der Waals surface area contributed by atoms with E-state index in [1.54, 1.807) is 24.1 Å². The summed E-state index contributed by atoms with van der Waals surface area (Å²) in [4.78, 5) is 37.9. The van der Waals surface area contributed by atoms with Gasteiger partial charge in [-0.2, -0.15) is 0 Å². The van der Waals surface area contributed by atoms with Crippen LogP contribution in [0.5, 0.6) is 0 Å². The smallest absolute Gasteiger partial charge is 0.336 e. The molecule has 1 fully saturated rings. The molecular weight excluding hydrogens is 248 g/mol. The van der Waals surface area contributed by atoms with E-state index < -0.39 is 11.9 Å². The molecule has 0 spiro atoms. The molecule has 1 N–H and O–H groups in total. The zero-order valence-corrected chi connectivity index (χ0v) is 10.5. The van der Waals surface area contributed by atoms with Crippen LogP contribution >= 0.6 is 0 Å². The largest absolute Gasteiger partial charge is 0.478 e. The summed E-state index contributed by atoms with van der Waals surface area (Å²) in [6, 6.07) is 6.02. The van der Waals surface area contributed by atoms with Crippen LogP contribution in [0.15, 0.2) is 24.3 Å². The molecule has 2 amide bonds. The normalized spacial score (nSPS) is 15.5. The number of carbonyl (C=O) groups is 3. The predicted molar refractivity (Wildman–Crippen MR) is 66.9 cm³/mol. The van der Waals surface area contributed by atoms with Gasteiger partial charge in [-0.1, -0.05) is 12.1 Å². The van der Waals surface area contributed by atoms with Crippen molar-refractivity contribution in [3.8, 4) is 0 Å². The number of carboxylic acid groups (broad SMARTS) is 1. The standard InChI is InChI=1S/C13H14N2O4/c1-14-6-7-15(8-11(14)16)12(17)9-4-2-3-5-10(9)13(18)19/h2-5H,6-8H2,1H3,(H,18,19). The number of amides is 2. The molecule has 2 rings (SSSR count). The van der Waals surface area contributed by atoms with Crippen molar-refractivity contribution in [2.24, 2.45) is 0 Å². The third-order valence-corrected chi connectivity index (χ3v) is 3.13. The topological polar surface area (TPSA) is 77.9 Å². The van der Waals surface area contributed by atoms with E-state index in [2.05, 4.69) is 0 Å². The number of carboxylic acids is 1. The lowest BCUT2D eigenvalue weighted by molar-refractivity contribution is -0.133. The quantitative estimate of drug-likeness (QED) is 0.831. The molecule has 0 aromatic heterocycles. The van der Waals surface area contributed by atoms with Crippen molar-refractivity contribution in [3.05, 3.63) is 35.4 Å². The Labute approximate surface area is 110 Å². The highest BCUT2D eigenvalue weighted by atomic mass is 16.4. The number of aromatic carboxylic acids is 1. The molecule has 0 saturated carbocycles. The Morgan fingerprint density at radius 2 is 1.79 bits per heavy atom. The molecule has 0 atom stereocenters. The molecule has 1 aromatic rings. The maximum atomic E-state index is 12.3. The summed E-state index contributed by atoms with van der Waals surface area (Å²) in [5.74, 6) is -1.71. The molecule has 1 aliphatic rings. The van der Waals surface area contributed by atoms with Gasteiger partial charge in [-0.05, 0) is 12.1 Å². The maximum Gasteiger partial charge on any atom is 0.336 e. The second-order valence-electron chi connectivity index (χ2n) is 4.39. The zero-order valence-electron chi connectivity index (χ0n) is 10.5. The molecular formula is C13H14N2O4. The van der Waals surface area contributed by atoms with Gasteiger partial charge < -0.3 is 14.9 Å². The van der Waals surface area contributed by atoms with Gasteiger partial charge in [0.25, 0.3) is 5.91 Å². The fourth-order valence-corrected chi connectivity index (χ4v) is 1.96. The third-order valence-electron chi connectivity index (χ3n) is 3.13. The molecule has 100 valence electrons. The van der Waals surface area contributed by atoms with Gasteiger partial charge in [-0.15, -0.1) is 0 Å². The number of likely N-dealkylation sites (N-methyl/N-ethyl adjacent to an activating group) is 1. The van der Waals surface area contributed by atoms with Gasteiger partial charge in [-0.25, -0.2) is 4.79 Å². The molecule has 6 heteroatoms. The minimum atomic E-state index is -1.15. The van der Waals surface area contributed by atoms with Crippen molar-refractivity contribution in [3.63, 3.8) is 0 Å². The summed E-state index contributed by atoms with van der Waals surface area (Å²) in [7, 11) is 1.68. The summed E-state index contributed by atoms with van der Waals surface area (Å²) >= 11 is 0. The van der Waals surface area contributed by atoms with Crippen LogP contribution in [-0.2, 0) is 4.79 Å². The van der Waals surface area contributed by atoms with Gasteiger partial charge in [0.05, 0.1) is 11.1 Å². The molecule has 1 aliphatic heterocycles. The zero-order chi connectivity index (χ0) is 14.0. The lowest BCUT2D eigenvalue weighted by Gasteiger charge is -2.32. The molecule has 1 saturated heterocycles. The first-order chi connectivity index (χ1) is 9.00. The Bertz CT molecular complexity index is 541. The van der Waals surface area contributed by atoms with Crippen LogP contribution in [0.25, 0.3) is 0 Å². The summed E-state index contributed by atoms with van der Waals surface area (Å²) in [5.41, 5.74) is 0.0752. The Hall–Kier alpha value is -2.37. The Kier molecular flexibility index (Phi) is 3.50. The first-order valence-electron chi connectivity index (χ1n) is 5.86. The van der Waals surface area contributed by atoms with Crippen LogP contribution in [0.3, 0.4) is 0 Å². The number of nitrogens with zero attached hydrogens (tertiary/aromatic N) is 2. The van der Waals surface area contributed by atoms with E-state index in [1.165, 1.54) is 17.0 Å². The van der Waals surface area contributed by atoms with Gasteiger partial charge >= 0.3 is 5.97 Å². The highest BCUT2D eigenvalue weighted by molar-refractivity contribution is 6.05. The lowest BCUT2D eigenvalue weighted by atomic mass is 10.1. The first kappa shape index (κ1) is 13.1. The van der Waals surface area contributed by atoms with Crippen molar-refractivity contribution in [1.29, 1.82) is 0 Å². The van der Waals surface area contributed by atoms with Crippen molar-refractivity contribution in [2.75, 3.05) is 26.7 Å². The molecule has 6 nitrogen and oxygen atoms in total. The van der Waals surface area contributed by atoms with Crippen LogP contribution in [0.4, 0.5) is 0 Å². The Morgan fingerprint density at radius 3 is 2.37 bits per heavy atom. The Morgan fingerprint density at radius 1 is 1.16 bits per heavy atom. The molecule has 0 unspecified atom stereocenters. The number of rotatable bonds is 2. The predicted octanol–water partition coefficient (Wildman–Crippen LogP) is 0.299. The van der Waals surface area contributed by atoms with E-state index >= 15 is 0 Å². The van der Waals surface area contributed by atoms with E-state index in [4.69, 9.17) is 5.11 Å². The SMILES string of the molecule is CN1CCN(C(=O)c2ccccc2C(=O)O)CC1=O. The van der Waals surface area contributed by atoms with Crippen molar-refractivity contribution >= 4 is 17.8 Å². The lowest BCUT2D eigenvalue weighted by Crippen LogP contribution is -2.50.